The summed E-state index contributed by atoms with van der Waals surface area (Å²) in [5.41, 5.74) is 8.46. The van der Waals surface area contributed by atoms with E-state index in [1.165, 1.54) is 12.1 Å². The zero-order chi connectivity index (χ0) is 27.3. The summed E-state index contributed by atoms with van der Waals surface area (Å²) < 4.78 is 31.8. The van der Waals surface area contributed by atoms with Gasteiger partial charge in [-0.1, -0.05) is 0 Å². The number of halogens is 3. The molecule has 0 saturated carbocycles. The Hall–Kier alpha value is -3.21. The van der Waals surface area contributed by atoms with Crippen molar-refractivity contribution in [2.24, 2.45) is 11.8 Å². The molecule has 2 N–H and O–H groups in total. The summed E-state index contributed by atoms with van der Waals surface area (Å²) in [5, 5.41) is 0.273. The van der Waals surface area contributed by atoms with Crippen molar-refractivity contribution in [2.45, 2.75) is 32.9 Å². The number of hydrogen-bond donors (Lipinski definition) is 1. The molecule has 0 amide bonds. The van der Waals surface area contributed by atoms with Gasteiger partial charge in [0, 0.05) is 75.3 Å². The Labute approximate surface area is 230 Å². The molecule has 0 aliphatic carbocycles. The molecule has 2 atom stereocenters. The van der Waals surface area contributed by atoms with Crippen molar-refractivity contribution in [3.63, 3.8) is 0 Å². The number of fused-ring (bicyclic) bond motifs is 2. The molecule has 4 aromatic rings. The predicted molar refractivity (Wildman–Crippen MR) is 147 cm³/mol. The molecule has 11 heteroatoms. The van der Waals surface area contributed by atoms with Gasteiger partial charge >= 0.3 is 0 Å². The van der Waals surface area contributed by atoms with Crippen LogP contribution in [0.2, 0.25) is 5.28 Å². The second kappa shape index (κ2) is 10.4. The van der Waals surface area contributed by atoms with Crippen LogP contribution < -0.4 is 5.73 Å². The second-order valence-electron chi connectivity index (χ2n) is 11.0. The fraction of sp³-hybridized carbons (Fsp3) is 0.429. The molecular weight excluding hydrogens is 522 g/mol. The van der Waals surface area contributed by atoms with E-state index in [0.717, 1.165) is 56.9 Å². The molecule has 0 radical (unpaired) electrons. The Morgan fingerprint density at radius 3 is 2.33 bits per heavy atom. The number of aromatic nitrogens is 5. The highest BCUT2D eigenvalue weighted by atomic mass is 35.5. The van der Waals surface area contributed by atoms with E-state index in [9.17, 15) is 4.39 Å². The van der Waals surface area contributed by atoms with E-state index < -0.39 is 11.6 Å². The van der Waals surface area contributed by atoms with Crippen LogP contribution in [0.3, 0.4) is 0 Å². The fourth-order valence-corrected chi connectivity index (χ4v) is 6.32. The lowest BCUT2D eigenvalue weighted by molar-refractivity contribution is 0.250. The van der Waals surface area contributed by atoms with E-state index in [4.69, 9.17) is 22.3 Å². The second-order valence-corrected chi connectivity index (χ2v) is 11.3. The maximum absolute atomic E-state index is 15.3. The Balaban J connectivity index is 1.15. The van der Waals surface area contributed by atoms with Gasteiger partial charge in [0.05, 0.1) is 11.7 Å². The maximum Gasteiger partial charge on any atom is 0.222 e. The van der Waals surface area contributed by atoms with Gasteiger partial charge in [0.25, 0.3) is 0 Å². The summed E-state index contributed by atoms with van der Waals surface area (Å²) in [5.74, 6) is 1.27. The van der Waals surface area contributed by atoms with Crippen molar-refractivity contribution in [3.8, 4) is 11.1 Å². The van der Waals surface area contributed by atoms with E-state index in [-0.39, 0.29) is 22.7 Å². The first-order chi connectivity index (χ1) is 18.7. The van der Waals surface area contributed by atoms with Gasteiger partial charge in [0.2, 0.25) is 5.28 Å². The third kappa shape index (κ3) is 5.20. The van der Waals surface area contributed by atoms with Crippen LogP contribution in [0.4, 0.5) is 14.6 Å². The third-order valence-electron chi connectivity index (χ3n) is 7.89. The van der Waals surface area contributed by atoms with E-state index in [1.54, 1.807) is 18.5 Å². The molecule has 2 aliphatic heterocycles. The highest BCUT2D eigenvalue weighted by Crippen LogP contribution is 2.34. The largest absolute Gasteiger partial charge is 0.384 e. The summed E-state index contributed by atoms with van der Waals surface area (Å²) in [4.78, 5) is 21.6. The van der Waals surface area contributed by atoms with Crippen LogP contribution in [0.1, 0.15) is 31.3 Å². The zero-order valence-corrected chi connectivity index (χ0v) is 22.7. The molecule has 8 nitrogen and oxygen atoms in total. The number of anilines is 1. The minimum Gasteiger partial charge on any atom is -0.384 e. The monoisotopic (exact) mass is 552 g/mol. The minimum atomic E-state index is -0.543. The van der Waals surface area contributed by atoms with E-state index in [2.05, 4.69) is 43.2 Å². The normalized spacial score (nSPS) is 19.9. The average molecular weight is 553 g/mol. The summed E-state index contributed by atoms with van der Waals surface area (Å²) in [6, 6.07) is 4.62. The molecule has 5 heterocycles. The van der Waals surface area contributed by atoms with Gasteiger partial charge in [-0.25, -0.2) is 28.7 Å². The third-order valence-corrected chi connectivity index (χ3v) is 8.09. The SMILES string of the molecule is CC(C)n1c(CCN2CC3CN(Cc4cnc(Cl)nc4)CC3C2)nc2c(F)cc(-c3cc(N)ncc3F)cc21. The number of benzene rings is 1. The number of likely N-dealkylation sites (tertiary alicyclic amines) is 2. The van der Waals surface area contributed by atoms with Crippen LogP contribution in [-0.2, 0) is 13.0 Å². The molecule has 204 valence electrons. The van der Waals surface area contributed by atoms with Gasteiger partial charge in [0.15, 0.2) is 5.82 Å². The first-order valence-electron chi connectivity index (χ1n) is 13.3. The molecule has 0 bridgehead atoms. The van der Waals surface area contributed by atoms with Crippen molar-refractivity contribution in [1.29, 1.82) is 0 Å². The molecule has 0 spiro atoms. The highest BCUT2D eigenvalue weighted by Gasteiger charge is 2.39. The molecule has 2 unspecified atom stereocenters. The van der Waals surface area contributed by atoms with Crippen LogP contribution in [0, 0.1) is 23.5 Å². The van der Waals surface area contributed by atoms with E-state index >= 15 is 4.39 Å². The Morgan fingerprint density at radius 2 is 1.64 bits per heavy atom. The number of nitrogens with zero attached hydrogens (tertiary/aromatic N) is 7. The molecular formula is C28H31ClF2N8. The lowest BCUT2D eigenvalue weighted by atomic mass is 10.0. The van der Waals surface area contributed by atoms with Gasteiger partial charge in [-0.05, 0) is 61.0 Å². The van der Waals surface area contributed by atoms with Crippen molar-refractivity contribution in [1.82, 2.24) is 34.3 Å². The van der Waals surface area contributed by atoms with Crippen LogP contribution in [0.5, 0.6) is 0 Å². The number of rotatable bonds is 7. The molecule has 2 saturated heterocycles. The molecule has 39 heavy (non-hydrogen) atoms. The molecule has 2 fully saturated rings. The van der Waals surface area contributed by atoms with Crippen molar-refractivity contribution in [2.75, 3.05) is 38.5 Å². The smallest absolute Gasteiger partial charge is 0.222 e. The van der Waals surface area contributed by atoms with Gasteiger partial charge in [0.1, 0.15) is 23.0 Å². The quantitative estimate of drug-likeness (QED) is 0.335. The number of nitrogen functional groups attached to an aromatic ring is 1. The van der Waals surface area contributed by atoms with Gasteiger partial charge in [-0.3, -0.25) is 4.90 Å². The van der Waals surface area contributed by atoms with Crippen LogP contribution in [0.15, 0.2) is 36.8 Å². The number of nitrogens with two attached hydrogens (primary N) is 1. The topological polar surface area (TPSA) is 89.0 Å². The first-order valence-corrected chi connectivity index (χ1v) is 13.7. The summed E-state index contributed by atoms with van der Waals surface area (Å²) in [6.45, 7) is 10.0. The Bertz CT molecular complexity index is 1490. The lowest BCUT2D eigenvalue weighted by Gasteiger charge is -2.21. The first kappa shape index (κ1) is 26.0. The predicted octanol–water partition coefficient (Wildman–Crippen LogP) is 4.59. The summed E-state index contributed by atoms with van der Waals surface area (Å²) in [6.07, 6.45) is 5.37. The van der Waals surface area contributed by atoms with Gasteiger partial charge < -0.3 is 15.2 Å². The van der Waals surface area contributed by atoms with Crippen molar-refractivity contribution in [3.05, 3.63) is 65.1 Å². The number of hydrogen-bond acceptors (Lipinski definition) is 7. The number of imidazole rings is 1. The van der Waals surface area contributed by atoms with E-state index in [1.807, 2.05) is 0 Å². The van der Waals surface area contributed by atoms with Crippen LogP contribution in [0.25, 0.3) is 22.2 Å². The van der Waals surface area contributed by atoms with E-state index in [0.29, 0.717) is 34.9 Å². The zero-order valence-electron chi connectivity index (χ0n) is 22.0. The highest BCUT2D eigenvalue weighted by molar-refractivity contribution is 6.28. The van der Waals surface area contributed by atoms with Crippen molar-refractivity contribution < 1.29 is 8.78 Å². The van der Waals surface area contributed by atoms with Crippen LogP contribution in [-0.4, -0.2) is 67.0 Å². The van der Waals surface area contributed by atoms with Crippen molar-refractivity contribution >= 4 is 28.5 Å². The minimum absolute atomic E-state index is 0.0652. The lowest BCUT2D eigenvalue weighted by Crippen LogP contribution is -2.30. The van der Waals surface area contributed by atoms with Gasteiger partial charge in [-0.2, -0.15) is 0 Å². The molecule has 2 aliphatic rings. The molecule has 6 rings (SSSR count). The summed E-state index contributed by atoms with van der Waals surface area (Å²) in [7, 11) is 0. The molecule has 3 aromatic heterocycles. The number of pyridine rings is 1. The average Bonchev–Trinajstić information content (AvgIpc) is 3.57. The summed E-state index contributed by atoms with van der Waals surface area (Å²) >= 11 is 5.81. The Morgan fingerprint density at radius 1 is 0.949 bits per heavy atom. The maximum atomic E-state index is 15.3. The fourth-order valence-electron chi connectivity index (χ4n) is 6.22. The standard InChI is InChI=1S/C28H31ClF2N8/c1-16(2)39-24-6-18(21-7-25(32)33-10-23(21)31)5-22(30)27(24)36-26(39)3-4-37-12-19-14-38(15-20(19)13-37)11-17-8-34-28(29)35-9-17/h5-10,16,19-20H,3-4,11-15H2,1-2H3,(H2,32,33). The van der Waals surface area contributed by atoms with Crippen LogP contribution >= 0.6 is 11.6 Å². The molecule has 1 aromatic carbocycles. The van der Waals surface area contributed by atoms with Gasteiger partial charge in [-0.15, -0.1) is 0 Å². The Kier molecular flexibility index (Phi) is 6.95.